The second-order valence-corrected chi connectivity index (χ2v) is 7.29. The fraction of sp³-hybridized carbons (Fsp3) is 1.00. The minimum atomic E-state index is -3.06. The lowest BCUT2D eigenvalue weighted by Gasteiger charge is -2.09. The predicted molar refractivity (Wildman–Crippen MR) is 77.2 cm³/mol. The molecule has 0 aliphatic rings. The maximum Gasteiger partial charge on any atom is 0.211 e. The first kappa shape index (κ1) is 17.2. The standard InChI is InChI=1S/C11H26N2O2S2/c1-11(2)12-7-6-10-17(14,15)13-8-4-5-9-16-3/h11-13H,4-10H2,1-3H3. The van der Waals surface area contributed by atoms with E-state index in [1.54, 1.807) is 11.8 Å². The van der Waals surface area contributed by atoms with Gasteiger partial charge in [-0.1, -0.05) is 13.8 Å². The van der Waals surface area contributed by atoms with E-state index in [0.717, 1.165) is 25.1 Å². The second kappa shape index (κ2) is 10.2. The molecule has 0 rings (SSSR count). The first-order valence-corrected chi connectivity index (χ1v) is 9.22. The summed E-state index contributed by atoms with van der Waals surface area (Å²) in [5, 5.41) is 3.21. The van der Waals surface area contributed by atoms with Gasteiger partial charge in [0.1, 0.15) is 0 Å². The summed E-state index contributed by atoms with van der Waals surface area (Å²) in [7, 11) is -3.06. The molecule has 0 saturated carbocycles. The quantitative estimate of drug-likeness (QED) is 0.563. The van der Waals surface area contributed by atoms with Gasteiger partial charge >= 0.3 is 0 Å². The Labute approximate surface area is 110 Å². The zero-order valence-electron chi connectivity index (χ0n) is 11.2. The van der Waals surface area contributed by atoms with Gasteiger partial charge in [0.25, 0.3) is 0 Å². The molecule has 0 atom stereocenters. The van der Waals surface area contributed by atoms with Crippen molar-refractivity contribution in [3.63, 3.8) is 0 Å². The predicted octanol–water partition coefficient (Wildman–Crippen LogP) is 1.44. The summed E-state index contributed by atoms with van der Waals surface area (Å²) in [6.07, 6.45) is 4.72. The molecule has 0 radical (unpaired) electrons. The van der Waals surface area contributed by atoms with Gasteiger partial charge in [-0.25, -0.2) is 13.1 Å². The van der Waals surface area contributed by atoms with Crippen LogP contribution in [-0.2, 0) is 10.0 Å². The first-order chi connectivity index (χ1) is 7.98. The Morgan fingerprint density at radius 3 is 2.41 bits per heavy atom. The van der Waals surface area contributed by atoms with E-state index in [1.807, 2.05) is 0 Å². The topological polar surface area (TPSA) is 58.2 Å². The summed E-state index contributed by atoms with van der Waals surface area (Å²) in [6, 6.07) is 0.414. The summed E-state index contributed by atoms with van der Waals surface area (Å²) in [4.78, 5) is 0. The molecular formula is C11H26N2O2S2. The third-order valence-corrected chi connectivity index (χ3v) is 4.41. The molecule has 0 fully saturated rings. The SMILES string of the molecule is CSCCCCNS(=O)(=O)CCCNC(C)C. The van der Waals surface area contributed by atoms with Crippen LogP contribution < -0.4 is 10.0 Å². The number of thioether (sulfide) groups is 1. The monoisotopic (exact) mass is 282 g/mol. The van der Waals surface area contributed by atoms with E-state index in [2.05, 4.69) is 30.1 Å². The largest absolute Gasteiger partial charge is 0.314 e. The van der Waals surface area contributed by atoms with E-state index >= 15 is 0 Å². The Hall–Kier alpha value is 0.220. The number of hydrogen-bond donors (Lipinski definition) is 2. The lowest BCUT2D eigenvalue weighted by molar-refractivity contribution is 0.559. The minimum Gasteiger partial charge on any atom is -0.314 e. The van der Waals surface area contributed by atoms with Crippen molar-refractivity contribution in [3.8, 4) is 0 Å². The summed E-state index contributed by atoms with van der Waals surface area (Å²) in [5.41, 5.74) is 0. The molecule has 0 saturated heterocycles. The molecule has 0 unspecified atom stereocenters. The van der Waals surface area contributed by atoms with Crippen molar-refractivity contribution in [2.45, 2.75) is 39.2 Å². The maximum atomic E-state index is 11.6. The number of rotatable bonds is 11. The fourth-order valence-electron chi connectivity index (χ4n) is 1.32. The highest BCUT2D eigenvalue weighted by molar-refractivity contribution is 7.98. The Balaban J connectivity index is 3.52. The van der Waals surface area contributed by atoms with Gasteiger partial charge in [0.2, 0.25) is 10.0 Å². The van der Waals surface area contributed by atoms with Crippen molar-refractivity contribution in [2.75, 3.05) is 30.9 Å². The average Bonchev–Trinajstić information content (AvgIpc) is 2.24. The molecule has 6 heteroatoms. The van der Waals surface area contributed by atoms with E-state index in [-0.39, 0.29) is 5.75 Å². The maximum absolute atomic E-state index is 11.6. The van der Waals surface area contributed by atoms with Crippen LogP contribution in [0, 0.1) is 0 Å². The van der Waals surface area contributed by atoms with Gasteiger partial charge in [0.15, 0.2) is 0 Å². The smallest absolute Gasteiger partial charge is 0.211 e. The minimum absolute atomic E-state index is 0.218. The van der Waals surface area contributed by atoms with Crippen LogP contribution in [0.15, 0.2) is 0 Å². The van der Waals surface area contributed by atoms with Crippen molar-refractivity contribution >= 4 is 21.8 Å². The number of nitrogens with one attached hydrogen (secondary N) is 2. The van der Waals surface area contributed by atoms with Crippen molar-refractivity contribution < 1.29 is 8.42 Å². The van der Waals surface area contributed by atoms with Crippen LogP contribution in [0.25, 0.3) is 0 Å². The van der Waals surface area contributed by atoms with Crippen LogP contribution in [0.1, 0.15) is 33.1 Å². The molecule has 0 spiro atoms. The molecule has 0 aromatic carbocycles. The Morgan fingerprint density at radius 2 is 1.82 bits per heavy atom. The molecule has 0 aromatic rings. The summed E-state index contributed by atoms with van der Waals surface area (Å²) in [6.45, 7) is 5.43. The molecule has 2 N–H and O–H groups in total. The van der Waals surface area contributed by atoms with Crippen molar-refractivity contribution in [3.05, 3.63) is 0 Å². The molecule has 0 bridgehead atoms. The molecule has 0 aliphatic carbocycles. The number of unbranched alkanes of at least 4 members (excludes halogenated alkanes) is 1. The average molecular weight is 282 g/mol. The van der Waals surface area contributed by atoms with E-state index in [1.165, 1.54) is 0 Å². The number of sulfonamides is 1. The lowest BCUT2D eigenvalue weighted by Crippen LogP contribution is -2.30. The van der Waals surface area contributed by atoms with Crippen LogP contribution >= 0.6 is 11.8 Å². The Morgan fingerprint density at radius 1 is 1.12 bits per heavy atom. The second-order valence-electron chi connectivity index (χ2n) is 4.38. The molecule has 0 heterocycles. The first-order valence-electron chi connectivity index (χ1n) is 6.17. The van der Waals surface area contributed by atoms with E-state index in [9.17, 15) is 8.42 Å². The summed E-state index contributed by atoms with van der Waals surface area (Å²) >= 11 is 1.79. The van der Waals surface area contributed by atoms with Crippen molar-refractivity contribution in [2.24, 2.45) is 0 Å². The van der Waals surface area contributed by atoms with Crippen LogP contribution in [0.3, 0.4) is 0 Å². The van der Waals surface area contributed by atoms with Crippen LogP contribution in [-0.4, -0.2) is 45.3 Å². The zero-order chi connectivity index (χ0) is 13.1. The van der Waals surface area contributed by atoms with Crippen LogP contribution in [0.2, 0.25) is 0 Å². The normalized spacial score (nSPS) is 12.2. The van der Waals surface area contributed by atoms with Crippen molar-refractivity contribution in [1.29, 1.82) is 0 Å². The molecular weight excluding hydrogens is 256 g/mol. The highest BCUT2D eigenvalue weighted by atomic mass is 32.2. The van der Waals surface area contributed by atoms with Crippen molar-refractivity contribution in [1.82, 2.24) is 10.0 Å². The molecule has 0 aromatic heterocycles. The third-order valence-electron chi connectivity index (χ3n) is 2.24. The van der Waals surface area contributed by atoms with Gasteiger partial charge in [0, 0.05) is 12.6 Å². The van der Waals surface area contributed by atoms with Gasteiger partial charge in [-0.15, -0.1) is 0 Å². The van der Waals surface area contributed by atoms with Crippen LogP contribution in [0.5, 0.6) is 0 Å². The van der Waals surface area contributed by atoms with Gasteiger partial charge < -0.3 is 5.32 Å². The third kappa shape index (κ3) is 12.5. The lowest BCUT2D eigenvalue weighted by atomic mass is 10.3. The number of hydrogen-bond acceptors (Lipinski definition) is 4. The highest BCUT2D eigenvalue weighted by Gasteiger charge is 2.08. The van der Waals surface area contributed by atoms with E-state index < -0.39 is 10.0 Å². The summed E-state index contributed by atoms with van der Waals surface area (Å²) < 4.78 is 25.8. The molecule has 104 valence electrons. The fourth-order valence-corrected chi connectivity index (χ4v) is 2.94. The van der Waals surface area contributed by atoms with E-state index in [4.69, 9.17) is 0 Å². The zero-order valence-corrected chi connectivity index (χ0v) is 12.8. The van der Waals surface area contributed by atoms with E-state index in [0.29, 0.717) is 19.0 Å². The van der Waals surface area contributed by atoms with Gasteiger partial charge in [-0.3, -0.25) is 0 Å². The Kier molecular flexibility index (Phi) is 10.3. The van der Waals surface area contributed by atoms with Gasteiger partial charge in [-0.05, 0) is 37.8 Å². The summed E-state index contributed by atoms with van der Waals surface area (Å²) in [5.74, 6) is 1.31. The molecule has 0 aliphatic heterocycles. The van der Waals surface area contributed by atoms with Gasteiger partial charge in [0.05, 0.1) is 5.75 Å². The molecule has 17 heavy (non-hydrogen) atoms. The molecule has 0 amide bonds. The highest BCUT2D eigenvalue weighted by Crippen LogP contribution is 1.98. The molecule has 4 nitrogen and oxygen atoms in total. The Bertz CT molecular complexity index is 267. The van der Waals surface area contributed by atoms with Crippen LogP contribution in [0.4, 0.5) is 0 Å². The van der Waals surface area contributed by atoms with Gasteiger partial charge in [-0.2, -0.15) is 11.8 Å².